The van der Waals surface area contributed by atoms with E-state index in [1.807, 2.05) is 18.0 Å². The molecule has 0 bridgehead atoms. The molecule has 0 aromatic heterocycles. The molecule has 1 aliphatic rings. The third kappa shape index (κ3) is 1.15. The molecule has 1 heterocycles. The second kappa shape index (κ2) is 2.35. The quantitative estimate of drug-likeness (QED) is 0.439. The molecule has 0 radical (unpaired) electrons. The molecule has 1 atom stereocenters. The van der Waals surface area contributed by atoms with Gasteiger partial charge in [0.05, 0.1) is 5.37 Å². The van der Waals surface area contributed by atoms with Crippen molar-refractivity contribution in [2.45, 2.75) is 19.2 Å². The molecule has 0 aliphatic carbocycles. The zero-order valence-electron chi connectivity index (χ0n) is 6.43. The van der Waals surface area contributed by atoms with Gasteiger partial charge in [-0.25, -0.2) is 0 Å². The van der Waals surface area contributed by atoms with E-state index in [1.54, 1.807) is 0 Å². The van der Waals surface area contributed by atoms with Crippen molar-refractivity contribution >= 4 is 24.2 Å². The van der Waals surface area contributed by atoms with Crippen LogP contribution < -0.4 is 0 Å². The standard InChI is InChI=1S/C7H12ClNS/c1-7(2)4-5(8)9(3)6(7)10/h4,6,10H,1-3H3. The predicted molar refractivity (Wildman–Crippen MR) is 48.3 cm³/mol. The maximum atomic E-state index is 5.88. The fourth-order valence-corrected chi connectivity index (χ4v) is 1.75. The normalized spacial score (nSPS) is 30.7. The first kappa shape index (κ1) is 8.28. The SMILES string of the molecule is CN1C(Cl)=CC(C)(C)C1S. The van der Waals surface area contributed by atoms with Crippen molar-refractivity contribution < 1.29 is 0 Å². The summed E-state index contributed by atoms with van der Waals surface area (Å²) in [5.41, 5.74) is 0.0922. The van der Waals surface area contributed by atoms with Gasteiger partial charge in [0, 0.05) is 12.5 Å². The zero-order valence-corrected chi connectivity index (χ0v) is 8.08. The molecule has 1 nitrogen and oxygen atoms in total. The monoisotopic (exact) mass is 177 g/mol. The fourth-order valence-electron chi connectivity index (χ4n) is 1.10. The van der Waals surface area contributed by atoms with Crippen molar-refractivity contribution in [3.05, 3.63) is 11.2 Å². The molecule has 0 saturated carbocycles. The third-order valence-electron chi connectivity index (χ3n) is 1.86. The lowest BCUT2D eigenvalue weighted by molar-refractivity contribution is 0.325. The lowest BCUT2D eigenvalue weighted by Gasteiger charge is -2.27. The fraction of sp³-hybridized carbons (Fsp3) is 0.714. The Labute approximate surface area is 72.5 Å². The summed E-state index contributed by atoms with van der Waals surface area (Å²) >= 11 is 10.3. The molecule has 0 amide bonds. The molecule has 0 N–H and O–H groups in total. The van der Waals surface area contributed by atoms with Crippen LogP contribution in [0.5, 0.6) is 0 Å². The minimum Gasteiger partial charge on any atom is -0.353 e. The average Bonchev–Trinajstić information content (AvgIpc) is 1.95. The molecule has 0 aromatic carbocycles. The van der Waals surface area contributed by atoms with Crippen LogP contribution in [0, 0.1) is 5.41 Å². The lowest BCUT2D eigenvalue weighted by atomic mass is 9.95. The first-order valence-electron chi connectivity index (χ1n) is 3.24. The Hall–Kier alpha value is 0.180. The maximum Gasteiger partial charge on any atom is 0.102 e. The first-order valence-corrected chi connectivity index (χ1v) is 4.14. The van der Waals surface area contributed by atoms with Crippen LogP contribution in [0.4, 0.5) is 0 Å². The van der Waals surface area contributed by atoms with Crippen LogP contribution in [0.1, 0.15) is 13.8 Å². The summed E-state index contributed by atoms with van der Waals surface area (Å²) in [7, 11) is 1.95. The van der Waals surface area contributed by atoms with Crippen LogP contribution in [0.2, 0.25) is 0 Å². The zero-order chi connectivity index (χ0) is 7.94. The van der Waals surface area contributed by atoms with E-state index in [4.69, 9.17) is 11.6 Å². The first-order chi connectivity index (χ1) is 4.45. The molecule has 0 aromatic rings. The van der Waals surface area contributed by atoms with Gasteiger partial charge < -0.3 is 4.90 Å². The molecule has 1 unspecified atom stereocenters. The Morgan fingerprint density at radius 1 is 1.70 bits per heavy atom. The molecule has 0 spiro atoms. The molecule has 0 saturated heterocycles. The van der Waals surface area contributed by atoms with Crippen molar-refractivity contribution in [2.75, 3.05) is 7.05 Å². The van der Waals surface area contributed by atoms with Gasteiger partial charge in [0.15, 0.2) is 0 Å². The molecular weight excluding hydrogens is 166 g/mol. The molecule has 1 aliphatic heterocycles. The third-order valence-corrected chi connectivity index (χ3v) is 3.25. The van der Waals surface area contributed by atoms with E-state index >= 15 is 0 Å². The van der Waals surface area contributed by atoms with E-state index in [0.29, 0.717) is 0 Å². The Morgan fingerprint density at radius 2 is 2.20 bits per heavy atom. The minimum atomic E-state index is 0.0922. The predicted octanol–water partition coefficient (Wildman–Crippen LogP) is 2.29. The van der Waals surface area contributed by atoms with Gasteiger partial charge in [-0.1, -0.05) is 25.4 Å². The van der Waals surface area contributed by atoms with E-state index < -0.39 is 0 Å². The van der Waals surface area contributed by atoms with Crippen molar-refractivity contribution in [1.29, 1.82) is 0 Å². The number of hydrogen-bond acceptors (Lipinski definition) is 2. The van der Waals surface area contributed by atoms with E-state index in [1.165, 1.54) is 0 Å². The second-order valence-electron chi connectivity index (χ2n) is 3.27. The smallest absolute Gasteiger partial charge is 0.102 e. The van der Waals surface area contributed by atoms with Crippen LogP contribution in [0.25, 0.3) is 0 Å². The number of rotatable bonds is 0. The molecule has 1 rings (SSSR count). The van der Waals surface area contributed by atoms with Gasteiger partial charge in [0.25, 0.3) is 0 Å². The largest absolute Gasteiger partial charge is 0.353 e. The Bertz CT molecular complexity index is 176. The Balaban J connectivity index is 2.87. The molecule has 0 fully saturated rings. The lowest BCUT2D eigenvalue weighted by Crippen LogP contribution is -2.29. The highest BCUT2D eigenvalue weighted by molar-refractivity contribution is 7.81. The summed E-state index contributed by atoms with van der Waals surface area (Å²) in [4.78, 5) is 1.96. The summed E-state index contributed by atoms with van der Waals surface area (Å²) in [5, 5.41) is 1.00. The number of halogens is 1. The van der Waals surface area contributed by atoms with Crippen molar-refractivity contribution in [3.63, 3.8) is 0 Å². The van der Waals surface area contributed by atoms with E-state index in [2.05, 4.69) is 26.5 Å². The Morgan fingerprint density at radius 3 is 2.30 bits per heavy atom. The summed E-state index contributed by atoms with van der Waals surface area (Å²) in [6.45, 7) is 4.24. The highest BCUT2D eigenvalue weighted by atomic mass is 35.5. The van der Waals surface area contributed by atoms with E-state index in [9.17, 15) is 0 Å². The van der Waals surface area contributed by atoms with Gasteiger partial charge in [-0.05, 0) is 6.08 Å². The van der Waals surface area contributed by atoms with Gasteiger partial charge >= 0.3 is 0 Å². The van der Waals surface area contributed by atoms with Crippen molar-refractivity contribution in [2.24, 2.45) is 5.41 Å². The van der Waals surface area contributed by atoms with Gasteiger partial charge in [0.1, 0.15) is 5.16 Å². The topological polar surface area (TPSA) is 3.24 Å². The van der Waals surface area contributed by atoms with Gasteiger partial charge in [-0.2, -0.15) is 12.6 Å². The highest BCUT2D eigenvalue weighted by Gasteiger charge is 2.34. The molecular formula is C7H12ClNS. The summed E-state index contributed by atoms with van der Waals surface area (Å²) in [6.07, 6.45) is 2.03. The van der Waals surface area contributed by atoms with Crippen LogP contribution in [0.15, 0.2) is 11.2 Å². The Kier molecular flexibility index (Phi) is 1.94. The van der Waals surface area contributed by atoms with Gasteiger partial charge in [-0.3, -0.25) is 0 Å². The van der Waals surface area contributed by atoms with Gasteiger partial charge in [-0.15, -0.1) is 0 Å². The van der Waals surface area contributed by atoms with Crippen LogP contribution >= 0.6 is 24.2 Å². The second-order valence-corrected chi connectivity index (χ2v) is 4.15. The summed E-state index contributed by atoms with van der Waals surface area (Å²) < 4.78 is 0. The molecule has 10 heavy (non-hydrogen) atoms. The van der Waals surface area contributed by atoms with E-state index in [-0.39, 0.29) is 10.8 Å². The van der Waals surface area contributed by atoms with Crippen LogP contribution in [-0.2, 0) is 0 Å². The van der Waals surface area contributed by atoms with Crippen LogP contribution in [-0.4, -0.2) is 17.3 Å². The molecule has 3 heteroatoms. The van der Waals surface area contributed by atoms with Gasteiger partial charge in [0.2, 0.25) is 0 Å². The molecule has 58 valence electrons. The summed E-state index contributed by atoms with van der Waals surface area (Å²) in [5.74, 6) is 0. The number of nitrogens with zero attached hydrogens (tertiary/aromatic N) is 1. The maximum absolute atomic E-state index is 5.88. The van der Waals surface area contributed by atoms with Crippen LogP contribution in [0.3, 0.4) is 0 Å². The van der Waals surface area contributed by atoms with E-state index in [0.717, 1.165) is 5.16 Å². The van der Waals surface area contributed by atoms with Crippen molar-refractivity contribution in [3.8, 4) is 0 Å². The highest BCUT2D eigenvalue weighted by Crippen LogP contribution is 2.39. The summed E-state index contributed by atoms with van der Waals surface area (Å²) in [6, 6.07) is 0. The number of hydrogen-bond donors (Lipinski definition) is 1. The van der Waals surface area contributed by atoms with Crippen molar-refractivity contribution in [1.82, 2.24) is 4.90 Å². The minimum absolute atomic E-state index is 0.0922. The average molecular weight is 178 g/mol. The number of thiol groups is 1.